The highest BCUT2D eigenvalue weighted by Crippen LogP contribution is 2.16. The fourth-order valence-electron chi connectivity index (χ4n) is 3.05. The molecule has 3 rings (SSSR count). The number of benzene rings is 2. The summed E-state index contributed by atoms with van der Waals surface area (Å²) in [7, 11) is 0. The highest BCUT2D eigenvalue weighted by atomic mass is 16.5. The molecular weight excluding hydrogens is 398 g/mol. The van der Waals surface area contributed by atoms with Crippen molar-refractivity contribution in [2.75, 3.05) is 5.32 Å². The summed E-state index contributed by atoms with van der Waals surface area (Å²) >= 11 is 0. The number of fused-ring (bicyclic) bond motifs is 1. The number of nitrogens with zero attached hydrogens (tertiary/aromatic N) is 2. The van der Waals surface area contributed by atoms with E-state index in [4.69, 9.17) is 4.74 Å². The van der Waals surface area contributed by atoms with Crippen LogP contribution in [0.15, 0.2) is 53.3 Å². The van der Waals surface area contributed by atoms with E-state index in [1.165, 1.54) is 18.5 Å². The second kappa shape index (κ2) is 9.34. The van der Waals surface area contributed by atoms with Crippen molar-refractivity contribution in [2.45, 2.75) is 39.8 Å². The van der Waals surface area contributed by atoms with Crippen molar-refractivity contribution in [1.82, 2.24) is 9.78 Å². The van der Waals surface area contributed by atoms with E-state index in [2.05, 4.69) is 10.4 Å². The van der Waals surface area contributed by atoms with E-state index >= 15 is 0 Å². The molecule has 0 aliphatic heterocycles. The van der Waals surface area contributed by atoms with Gasteiger partial charge in [0, 0.05) is 23.2 Å². The van der Waals surface area contributed by atoms with Gasteiger partial charge in [0.15, 0.2) is 17.6 Å². The first kappa shape index (κ1) is 21.9. The monoisotopic (exact) mass is 421 g/mol. The van der Waals surface area contributed by atoms with E-state index in [1.807, 2.05) is 6.92 Å². The fraction of sp³-hybridized carbons (Fsp3) is 0.261. The summed E-state index contributed by atoms with van der Waals surface area (Å²) in [6.45, 7) is 5.16. The molecule has 160 valence electrons. The normalized spacial score (nSPS) is 11.7. The number of rotatable bonds is 7. The summed E-state index contributed by atoms with van der Waals surface area (Å²) < 4.78 is 6.57. The van der Waals surface area contributed by atoms with Gasteiger partial charge in [0.2, 0.25) is 0 Å². The van der Waals surface area contributed by atoms with E-state index in [0.29, 0.717) is 35.0 Å². The number of Topliss-reactive ketones (excluding diaryl/α,β-unsaturated/α-hetero) is 1. The number of anilines is 1. The molecule has 2 aromatic carbocycles. The highest BCUT2D eigenvalue weighted by molar-refractivity contribution is 6.04. The Morgan fingerprint density at radius 1 is 1.06 bits per heavy atom. The minimum atomic E-state index is -1.10. The molecule has 0 unspecified atom stereocenters. The number of ether oxygens (including phenoxy) is 1. The van der Waals surface area contributed by atoms with Crippen molar-refractivity contribution < 1.29 is 19.1 Å². The minimum Gasteiger partial charge on any atom is -0.448 e. The third-order valence-corrected chi connectivity index (χ3v) is 4.71. The summed E-state index contributed by atoms with van der Waals surface area (Å²) in [5.74, 6) is -1.41. The van der Waals surface area contributed by atoms with Crippen molar-refractivity contribution >= 4 is 34.1 Å². The van der Waals surface area contributed by atoms with Crippen LogP contribution in [0.5, 0.6) is 0 Å². The molecule has 3 aromatic rings. The van der Waals surface area contributed by atoms with Gasteiger partial charge in [-0.3, -0.25) is 14.4 Å². The predicted molar refractivity (Wildman–Crippen MR) is 116 cm³/mol. The molecule has 0 fully saturated rings. The summed E-state index contributed by atoms with van der Waals surface area (Å²) in [6.07, 6.45) is -0.437. The Bertz CT molecular complexity index is 1200. The molecular formula is C23H23N3O5. The molecule has 0 radical (unpaired) electrons. The zero-order valence-electron chi connectivity index (χ0n) is 17.5. The van der Waals surface area contributed by atoms with Gasteiger partial charge in [-0.1, -0.05) is 25.1 Å². The molecule has 0 saturated carbocycles. The first-order chi connectivity index (χ1) is 14.8. The van der Waals surface area contributed by atoms with Crippen molar-refractivity contribution in [3.63, 3.8) is 0 Å². The van der Waals surface area contributed by atoms with Crippen LogP contribution in [0.25, 0.3) is 10.8 Å². The first-order valence-electron chi connectivity index (χ1n) is 9.94. The number of nitrogens with one attached hydrogen (secondary N) is 1. The molecule has 1 amide bonds. The number of carbonyl (C=O) groups excluding carboxylic acids is 3. The lowest BCUT2D eigenvalue weighted by Gasteiger charge is -2.15. The van der Waals surface area contributed by atoms with Gasteiger partial charge in [-0.15, -0.1) is 0 Å². The zero-order chi connectivity index (χ0) is 22.5. The van der Waals surface area contributed by atoms with Crippen LogP contribution >= 0.6 is 0 Å². The predicted octanol–water partition coefficient (Wildman–Crippen LogP) is 3.19. The van der Waals surface area contributed by atoms with Gasteiger partial charge >= 0.3 is 5.97 Å². The second-order valence-electron chi connectivity index (χ2n) is 7.09. The molecule has 0 bridgehead atoms. The van der Waals surface area contributed by atoms with Crippen LogP contribution in [0.4, 0.5) is 5.69 Å². The van der Waals surface area contributed by atoms with Gasteiger partial charge in [0.25, 0.3) is 11.5 Å². The molecule has 8 nitrogen and oxygen atoms in total. The van der Waals surface area contributed by atoms with E-state index in [-0.39, 0.29) is 17.0 Å². The Labute approximate surface area is 178 Å². The van der Waals surface area contributed by atoms with Gasteiger partial charge < -0.3 is 10.1 Å². The smallest absolute Gasteiger partial charge is 0.360 e. The molecule has 1 atom stereocenters. The van der Waals surface area contributed by atoms with E-state index in [0.717, 1.165) is 0 Å². The Balaban J connectivity index is 1.79. The van der Waals surface area contributed by atoms with Gasteiger partial charge in [-0.2, -0.15) is 5.10 Å². The Morgan fingerprint density at radius 3 is 2.32 bits per heavy atom. The maximum absolute atomic E-state index is 12.8. The zero-order valence-corrected chi connectivity index (χ0v) is 17.5. The molecule has 1 aromatic heterocycles. The van der Waals surface area contributed by atoms with Crippen LogP contribution in [-0.2, 0) is 16.1 Å². The van der Waals surface area contributed by atoms with Crippen molar-refractivity contribution in [3.05, 3.63) is 70.1 Å². The molecule has 1 N–H and O–H groups in total. The van der Waals surface area contributed by atoms with Gasteiger partial charge in [0.05, 0.1) is 5.39 Å². The maximum atomic E-state index is 12.8. The third kappa shape index (κ3) is 4.85. The summed E-state index contributed by atoms with van der Waals surface area (Å²) in [5.41, 5.74) is 0.693. The van der Waals surface area contributed by atoms with E-state index in [9.17, 15) is 19.2 Å². The van der Waals surface area contributed by atoms with Crippen LogP contribution in [0.3, 0.4) is 0 Å². The number of carbonyl (C=O) groups is 3. The average Bonchev–Trinajstić information content (AvgIpc) is 2.76. The lowest BCUT2D eigenvalue weighted by molar-refractivity contribution is -0.123. The maximum Gasteiger partial charge on any atom is 0.360 e. The van der Waals surface area contributed by atoms with Crippen LogP contribution in [0.2, 0.25) is 0 Å². The summed E-state index contributed by atoms with van der Waals surface area (Å²) in [4.78, 5) is 49.2. The third-order valence-electron chi connectivity index (χ3n) is 4.71. The fourth-order valence-corrected chi connectivity index (χ4v) is 3.05. The lowest BCUT2D eigenvalue weighted by Crippen LogP contribution is -2.32. The summed E-state index contributed by atoms with van der Waals surface area (Å²) in [5, 5.41) is 7.55. The minimum absolute atomic E-state index is 0.0193. The van der Waals surface area contributed by atoms with Gasteiger partial charge in [0.1, 0.15) is 0 Å². The number of amides is 1. The number of esters is 1. The second-order valence-corrected chi connectivity index (χ2v) is 7.09. The standard InChI is InChI=1S/C23H23N3O5/c1-4-13-26-22(29)19-8-6-5-7-18(19)20(25-26)23(30)31-15(3)21(28)24-17-11-9-16(10-12-17)14(2)27/h5-12,15H,4,13H2,1-3H3,(H,24,28)/t15-/m0/s1. The first-order valence-corrected chi connectivity index (χ1v) is 9.94. The van der Waals surface area contributed by atoms with E-state index in [1.54, 1.807) is 48.5 Å². The molecule has 0 aliphatic carbocycles. The molecule has 0 saturated heterocycles. The molecule has 1 heterocycles. The Kier molecular flexibility index (Phi) is 6.59. The Hall–Kier alpha value is -3.81. The largest absolute Gasteiger partial charge is 0.448 e. The van der Waals surface area contributed by atoms with Crippen molar-refractivity contribution in [2.24, 2.45) is 0 Å². The highest BCUT2D eigenvalue weighted by Gasteiger charge is 2.23. The Morgan fingerprint density at radius 2 is 1.71 bits per heavy atom. The number of aromatic nitrogens is 2. The number of hydrogen-bond acceptors (Lipinski definition) is 6. The number of hydrogen-bond donors (Lipinski definition) is 1. The van der Waals surface area contributed by atoms with Crippen LogP contribution in [-0.4, -0.2) is 33.5 Å². The molecule has 8 heteroatoms. The van der Waals surface area contributed by atoms with Crippen LogP contribution in [0, 0.1) is 0 Å². The number of aryl methyl sites for hydroxylation is 1. The van der Waals surface area contributed by atoms with Crippen molar-refractivity contribution in [1.29, 1.82) is 0 Å². The topological polar surface area (TPSA) is 107 Å². The summed E-state index contributed by atoms with van der Waals surface area (Å²) in [6, 6.07) is 13.1. The molecule has 31 heavy (non-hydrogen) atoms. The number of ketones is 1. The van der Waals surface area contributed by atoms with Gasteiger partial charge in [-0.05, 0) is 50.6 Å². The van der Waals surface area contributed by atoms with Crippen molar-refractivity contribution in [3.8, 4) is 0 Å². The lowest BCUT2D eigenvalue weighted by atomic mass is 10.1. The van der Waals surface area contributed by atoms with E-state index < -0.39 is 18.0 Å². The average molecular weight is 421 g/mol. The van der Waals surface area contributed by atoms with Gasteiger partial charge in [-0.25, -0.2) is 9.48 Å². The molecule has 0 aliphatic rings. The molecule has 0 spiro atoms. The quantitative estimate of drug-likeness (QED) is 0.464. The SMILES string of the molecule is CCCn1nc(C(=O)O[C@@H](C)C(=O)Nc2ccc(C(C)=O)cc2)c2ccccc2c1=O. The van der Waals surface area contributed by atoms with Crippen LogP contribution in [0.1, 0.15) is 48.0 Å². The van der Waals surface area contributed by atoms with Crippen LogP contribution < -0.4 is 10.9 Å².